The van der Waals surface area contributed by atoms with Crippen LogP contribution in [0.15, 0.2) is 24.3 Å². The maximum absolute atomic E-state index is 10.9. The zero-order valence-corrected chi connectivity index (χ0v) is 14.0. The topological polar surface area (TPSA) is 79.2 Å². The van der Waals surface area contributed by atoms with Crippen molar-refractivity contribution >= 4 is 5.97 Å². The molecule has 1 fully saturated rings. The van der Waals surface area contributed by atoms with Gasteiger partial charge in [0.05, 0.1) is 0 Å². The van der Waals surface area contributed by atoms with Gasteiger partial charge in [-0.15, -0.1) is 0 Å². The molecule has 4 aliphatic rings. The van der Waals surface area contributed by atoms with Crippen LogP contribution < -0.4 is 9.47 Å². The van der Waals surface area contributed by atoms with Crippen LogP contribution in [0.3, 0.4) is 0 Å². The van der Waals surface area contributed by atoms with E-state index < -0.39 is 18.7 Å². The smallest absolute Gasteiger partial charge is 0.341 e. The van der Waals surface area contributed by atoms with Gasteiger partial charge >= 0.3 is 5.97 Å². The van der Waals surface area contributed by atoms with Gasteiger partial charge in [-0.2, -0.15) is 0 Å². The summed E-state index contributed by atoms with van der Waals surface area (Å²) >= 11 is 0. The van der Waals surface area contributed by atoms with Gasteiger partial charge in [-0.05, 0) is 38.1 Å². The number of aliphatic hydroxyl groups excluding tert-OH is 1. The van der Waals surface area contributed by atoms with Crippen LogP contribution in [0.1, 0.15) is 17.5 Å². The molecule has 0 unspecified atom stereocenters. The molecule has 0 saturated carbocycles. The standard InChI is InChI=1S/C19H21NO5/c1-20-7-6-19-11-3-4-13(21)18(19)25-17-14(24-9-15(22)23)5-2-10(16(17)19)8-12(11)20/h2-5,11-13,18,21H,6-9H2,1H3,(H,22,23)/t11-,12+,13-,18-,19-/m0/s1. The van der Waals surface area contributed by atoms with Gasteiger partial charge in [0.15, 0.2) is 18.1 Å². The lowest BCUT2D eigenvalue weighted by molar-refractivity contribution is -0.139. The number of carboxylic acid groups (broad SMARTS) is 1. The molecule has 5 rings (SSSR count). The number of likely N-dealkylation sites (N-methyl/N-ethyl adjacent to an activating group) is 1. The molecular weight excluding hydrogens is 322 g/mol. The molecule has 1 spiro atoms. The maximum atomic E-state index is 10.9. The number of rotatable bonds is 3. The monoisotopic (exact) mass is 343 g/mol. The van der Waals surface area contributed by atoms with Gasteiger partial charge in [-0.25, -0.2) is 4.79 Å². The number of hydrogen-bond acceptors (Lipinski definition) is 5. The van der Waals surface area contributed by atoms with Crippen molar-refractivity contribution in [2.75, 3.05) is 20.2 Å². The van der Waals surface area contributed by atoms with Gasteiger partial charge < -0.3 is 24.6 Å². The highest BCUT2D eigenvalue weighted by Gasteiger charge is 2.64. The fourth-order valence-corrected chi connectivity index (χ4v) is 5.48. The third-order valence-corrected chi connectivity index (χ3v) is 6.49. The Morgan fingerprint density at radius 2 is 2.28 bits per heavy atom. The van der Waals surface area contributed by atoms with E-state index in [1.165, 1.54) is 5.56 Å². The van der Waals surface area contributed by atoms with E-state index in [0.717, 1.165) is 24.9 Å². The van der Waals surface area contributed by atoms with E-state index in [9.17, 15) is 9.90 Å². The number of piperidine rings is 1. The number of ether oxygens (including phenoxy) is 2. The Kier molecular flexibility index (Phi) is 3.04. The van der Waals surface area contributed by atoms with Gasteiger partial charge in [0.2, 0.25) is 0 Å². The van der Waals surface area contributed by atoms with Gasteiger partial charge in [0.1, 0.15) is 12.2 Å². The SMILES string of the molecule is CN1CC[C@]23c4c5ccc(OCC(=O)O)c4O[C@H]2[C@@H](O)C=C[C@H]3[C@H]1C5. The number of carboxylic acids is 1. The summed E-state index contributed by atoms with van der Waals surface area (Å²) in [4.78, 5) is 13.3. The zero-order chi connectivity index (χ0) is 17.3. The summed E-state index contributed by atoms with van der Waals surface area (Å²) in [5.74, 6) is 0.383. The highest BCUT2D eigenvalue weighted by atomic mass is 16.5. The molecule has 25 heavy (non-hydrogen) atoms. The molecule has 0 amide bonds. The second-order valence-corrected chi connectivity index (χ2v) is 7.59. The number of carbonyl (C=O) groups is 1. The van der Waals surface area contributed by atoms with Crippen molar-refractivity contribution in [3.63, 3.8) is 0 Å². The van der Waals surface area contributed by atoms with Crippen molar-refractivity contribution < 1.29 is 24.5 Å². The van der Waals surface area contributed by atoms with E-state index in [1.807, 2.05) is 12.1 Å². The first-order valence-corrected chi connectivity index (χ1v) is 8.76. The highest BCUT2D eigenvalue weighted by molar-refractivity contribution is 5.69. The van der Waals surface area contributed by atoms with E-state index in [4.69, 9.17) is 14.6 Å². The lowest BCUT2D eigenvalue weighted by Gasteiger charge is -2.56. The van der Waals surface area contributed by atoms with Crippen molar-refractivity contribution in [2.24, 2.45) is 5.92 Å². The normalized spacial score (nSPS) is 37.4. The van der Waals surface area contributed by atoms with Crippen LogP contribution in [0.5, 0.6) is 11.5 Å². The molecule has 6 nitrogen and oxygen atoms in total. The summed E-state index contributed by atoms with van der Waals surface area (Å²) in [5.41, 5.74) is 2.13. The molecule has 1 saturated heterocycles. The Balaban J connectivity index is 1.69. The first-order chi connectivity index (χ1) is 12.0. The molecule has 132 valence electrons. The lowest BCUT2D eigenvalue weighted by atomic mass is 9.53. The molecule has 6 heteroatoms. The number of likely N-dealkylation sites (tertiary alicyclic amines) is 1. The number of nitrogens with zero attached hydrogens (tertiary/aromatic N) is 1. The fraction of sp³-hybridized carbons (Fsp3) is 0.526. The number of aliphatic carboxylic acids is 1. The number of hydrogen-bond donors (Lipinski definition) is 2. The largest absolute Gasteiger partial charge is 0.482 e. The average Bonchev–Trinajstić information content (AvgIpc) is 2.94. The van der Waals surface area contributed by atoms with E-state index >= 15 is 0 Å². The van der Waals surface area contributed by atoms with Crippen LogP contribution in [0.4, 0.5) is 0 Å². The summed E-state index contributed by atoms with van der Waals surface area (Å²) < 4.78 is 11.7. The van der Waals surface area contributed by atoms with Crippen molar-refractivity contribution in [3.05, 3.63) is 35.4 Å². The second-order valence-electron chi connectivity index (χ2n) is 7.59. The molecule has 2 bridgehead atoms. The molecule has 2 aliphatic heterocycles. The zero-order valence-electron chi connectivity index (χ0n) is 14.0. The summed E-state index contributed by atoms with van der Waals surface area (Å²) in [6, 6.07) is 4.24. The lowest BCUT2D eigenvalue weighted by Crippen LogP contribution is -2.64. The summed E-state index contributed by atoms with van der Waals surface area (Å²) in [5, 5.41) is 19.5. The minimum absolute atomic E-state index is 0.239. The van der Waals surface area contributed by atoms with Crippen LogP contribution in [-0.2, 0) is 16.6 Å². The molecule has 1 aromatic carbocycles. The van der Waals surface area contributed by atoms with E-state index in [1.54, 1.807) is 6.07 Å². The number of benzene rings is 1. The molecule has 2 heterocycles. The molecule has 2 N–H and O–H groups in total. The quantitative estimate of drug-likeness (QED) is 0.796. The summed E-state index contributed by atoms with van der Waals surface area (Å²) in [6.45, 7) is 0.559. The van der Waals surface area contributed by atoms with Crippen LogP contribution in [0.2, 0.25) is 0 Å². The van der Waals surface area contributed by atoms with E-state index in [0.29, 0.717) is 23.5 Å². The van der Waals surface area contributed by atoms with Gasteiger partial charge in [0, 0.05) is 22.9 Å². The van der Waals surface area contributed by atoms with Crippen molar-refractivity contribution in [2.45, 2.75) is 36.5 Å². The first kappa shape index (κ1) is 15.2. The predicted molar refractivity (Wildman–Crippen MR) is 89.0 cm³/mol. The third-order valence-electron chi connectivity index (χ3n) is 6.49. The molecule has 1 aromatic rings. The molecule has 2 aliphatic carbocycles. The van der Waals surface area contributed by atoms with E-state index in [2.05, 4.69) is 18.0 Å². The molecular formula is C19H21NO5. The second kappa shape index (κ2) is 4.99. The minimum Gasteiger partial charge on any atom is -0.482 e. The van der Waals surface area contributed by atoms with Gasteiger partial charge in [-0.3, -0.25) is 0 Å². The van der Waals surface area contributed by atoms with E-state index in [-0.39, 0.29) is 11.5 Å². The Morgan fingerprint density at radius 1 is 1.44 bits per heavy atom. The first-order valence-electron chi connectivity index (χ1n) is 8.76. The number of aliphatic hydroxyl groups is 1. The highest BCUT2D eigenvalue weighted by Crippen LogP contribution is 2.62. The third kappa shape index (κ3) is 1.84. The minimum atomic E-state index is -1.02. The van der Waals surface area contributed by atoms with Crippen LogP contribution in [-0.4, -0.2) is 59.5 Å². The Morgan fingerprint density at radius 3 is 3.08 bits per heavy atom. The van der Waals surface area contributed by atoms with Crippen LogP contribution in [0, 0.1) is 5.92 Å². The Labute approximate surface area is 145 Å². The van der Waals surface area contributed by atoms with Crippen molar-refractivity contribution in [3.8, 4) is 11.5 Å². The van der Waals surface area contributed by atoms with Crippen LogP contribution in [0.25, 0.3) is 0 Å². The summed E-state index contributed by atoms with van der Waals surface area (Å²) in [6.07, 6.45) is 4.87. The molecule has 0 radical (unpaired) electrons. The summed E-state index contributed by atoms with van der Waals surface area (Å²) in [7, 11) is 2.16. The van der Waals surface area contributed by atoms with Gasteiger partial charge in [-0.1, -0.05) is 18.2 Å². The fourth-order valence-electron chi connectivity index (χ4n) is 5.48. The van der Waals surface area contributed by atoms with Crippen LogP contribution >= 0.6 is 0 Å². The van der Waals surface area contributed by atoms with Crippen molar-refractivity contribution in [1.82, 2.24) is 4.90 Å². The van der Waals surface area contributed by atoms with Gasteiger partial charge in [0.25, 0.3) is 0 Å². The maximum Gasteiger partial charge on any atom is 0.341 e. The Hall–Kier alpha value is -2.05. The average molecular weight is 343 g/mol. The molecule has 5 atom stereocenters. The predicted octanol–water partition coefficient (Wildman–Crippen LogP) is 0.956. The Bertz CT molecular complexity index is 790. The molecule has 0 aromatic heterocycles. The van der Waals surface area contributed by atoms with Crippen molar-refractivity contribution in [1.29, 1.82) is 0 Å².